The fourth-order valence-corrected chi connectivity index (χ4v) is 1.09. The largest absolute Gasteiger partial charge is 0.398 e. The molecule has 1 rings (SSSR count). The van der Waals surface area contributed by atoms with E-state index in [0.717, 1.165) is 5.69 Å². The Balaban J connectivity index is 3.31. The number of aryl methyl sites for hydroxylation is 1. The zero-order chi connectivity index (χ0) is 7.72. The molecule has 0 aromatic carbocycles. The molecule has 0 fully saturated rings. The summed E-state index contributed by atoms with van der Waals surface area (Å²) in [6.45, 7) is 1.84. The first-order valence-electron chi connectivity index (χ1n) is 2.69. The number of hydrogen-bond acceptors (Lipinski definition) is 2. The van der Waals surface area contributed by atoms with Crippen LogP contribution in [0, 0.1) is 6.92 Å². The van der Waals surface area contributed by atoms with Crippen molar-refractivity contribution in [2.75, 3.05) is 5.73 Å². The van der Waals surface area contributed by atoms with Gasteiger partial charge in [-0.2, -0.15) is 0 Å². The molecule has 1 aromatic heterocycles. The second-order valence-corrected chi connectivity index (χ2v) is 3.11. The molecule has 0 spiro atoms. The number of rotatable bonds is 0. The van der Waals surface area contributed by atoms with Crippen molar-refractivity contribution in [3.63, 3.8) is 0 Å². The molecule has 54 valence electrons. The highest BCUT2D eigenvalue weighted by Crippen LogP contribution is 2.26. The predicted octanol–water partition coefficient (Wildman–Crippen LogP) is 2.39. The predicted molar refractivity (Wildman–Crippen MR) is 46.1 cm³/mol. The lowest BCUT2D eigenvalue weighted by atomic mass is 10.3. The van der Waals surface area contributed by atoms with Crippen LogP contribution in [0.5, 0.6) is 0 Å². The Morgan fingerprint density at radius 2 is 2.30 bits per heavy atom. The highest BCUT2D eigenvalue weighted by molar-refractivity contribution is 9.10. The van der Waals surface area contributed by atoms with E-state index >= 15 is 0 Å². The van der Waals surface area contributed by atoms with E-state index in [1.807, 2.05) is 6.92 Å². The van der Waals surface area contributed by atoms with Gasteiger partial charge in [-0.1, -0.05) is 11.6 Å². The summed E-state index contributed by atoms with van der Waals surface area (Å²) < 4.78 is 0.666. The summed E-state index contributed by atoms with van der Waals surface area (Å²) in [6.07, 6.45) is 0. The number of pyridine rings is 1. The monoisotopic (exact) mass is 220 g/mol. The average molecular weight is 221 g/mol. The standard InChI is InChI=1S/C6H6BrClN2/c1-3-2-4(9)5(7)6(8)10-3/h2H,1H3,(H2,9,10). The van der Waals surface area contributed by atoms with Crippen molar-refractivity contribution < 1.29 is 0 Å². The molecule has 2 nitrogen and oxygen atoms in total. The van der Waals surface area contributed by atoms with E-state index < -0.39 is 0 Å². The van der Waals surface area contributed by atoms with Crippen LogP contribution < -0.4 is 5.73 Å². The Labute approximate surface area is 72.5 Å². The minimum absolute atomic E-state index is 0.414. The third-order valence-corrected chi connectivity index (χ3v) is 2.41. The topological polar surface area (TPSA) is 38.9 Å². The zero-order valence-corrected chi connectivity index (χ0v) is 7.70. The number of nitrogen functional groups attached to an aromatic ring is 1. The zero-order valence-electron chi connectivity index (χ0n) is 5.36. The molecule has 1 heterocycles. The van der Waals surface area contributed by atoms with Crippen molar-refractivity contribution in [3.05, 3.63) is 21.4 Å². The molecule has 0 aliphatic rings. The highest BCUT2D eigenvalue weighted by Gasteiger charge is 2.02. The van der Waals surface area contributed by atoms with Gasteiger partial charge in [0.1, 0.15) is 5.15 Å². The van der Waals surface area contributed by atoms with E-state index in [2.05, 4.69) is 20.9 Å². The van der Waals surface area contributed by atoms with Crippen molar-refractivity contribution in [3.8, 4) is 0 Å². The third-order valence-electron chi connectivity index (χ3n) is 1.07. The smallest absolute Gasteiger partial charge is 0.145 e. The number of halogens is 2. The first kappa shape index (κ1) is 7.82. The van der Waals surface area contributed by atoms with Gasteiger partial charge in [0.25, 0.3) is 0 Å². The fourth-order valence-electron chi connectivity index (χ4n) is 0.644. The van der Waals surface area contributed by atoms with Gasteiger partial charge in [0.2, 0.25) is 0 Å². The maximum absolute atomic E-state index is 5.68. The molecule has 0 bridgehead atoms. The molecule has 2 N–H and O–H groups in total. The van der Waals surface area contributed by atoms with Gasteiger partial charge in [0.15, 0.2) is 0 Å². The maximum atomic E-state index is 5.68. The van der Waals surface area contributed by atoms with Crippen LogP contribution >= 0.6 is 27.5 Å². The first-order valence-corrected chi connectivity index (χ1v) is 3.86. The summed E-state index contributed by atoms with van der Waals surface area (Å²) in [5.74, 6) is 0. The van der Waals surface area contributed by atoms with E-state index in [-0.39, 0.29) is 0 Å². The molecule has 1 aromatic rings. The van der Waals surface area contributed by atoms with Crippen LogP contribution in [0.3, 0.4) is 0 Å². The summed E-state index contributed by atoms with van der Waals surface area (Å²) in [5, 5.41) is 0.414. The Hall–Kier alpha value is -0.280. The Kier molecular flexibility index (Phi) is 2.16. The molecule has 0 saturated heterocycles. The molecule has 0 unspecified atom stereocenters. The minimum atomic E-state index is 0.414. The quantitative estimate of drug-likeness (QED) is 0.683. The molecule has 0 atom stereocenters. The van der Waals surface area contributed by atoms with Crippen molar-refractivity contribution in [2.24, 2.45) is 0 Å². The van der Waals surface area contributed by atoms with Crippen LogP contribution in [0.15, 0.2) is 10.5 Å². The lowest BCUT2D eigenvalue weighted by Crippen LogP contribution is -1.91. The van der Waals surface area contributed by atoms with Crippen LogP contribution in [0.4, 0.5) is 5.69 Å². The van der Waals surface area contributed by atoms with Crippen LogP contribution in [0.25, 0.3) is 0 Å². The lowest BCUT2D eigenvalue weighted by Gasteiger charge is -2.00. The summed E-state index contributed by atoms with van der Waals surface area (Å²) in [7, 11) is 0. The average Bonchev–Trinajstić information content (AvgIpc) is 1.82. The normalized spacial score (nSPS) is 9.90. The van der Waals surface area contributed by atoms with Crippen LogP contribution in [0.2, 0.25) is 5.15 Å². The van der Waals surface area contributed by atoms with E-state index in [4.69, 9.17) is 17.3 Å². The van der Waals surface area contributed by atoms with Gasteiger partial charge < -0.3 is 5.73 Å². The third kappa shape index (κ3) is 1.41. The maximum Gasteiger partial charge on any atom is 0.145 e. The SMILES string of the molecule is Cc1cc(N)c(Br)c(Cl)n1. The Morgan fingerprint density at radius 3 is 2.80 bits per heavy atom. The van der Waals surface area contributed by atoms with Gasteiger partial charge in [-0.15, -0.1) is 0 Å². The minimum Gasteiger partial charge on any atom is -0.398 e. The molecule has 10 heavy (non-hydrogen) atoms. The summed E-state index contributed by atoms with van der Waals surface area (Å²) in [6, 6.07) is 1.76. The Bertz CT molecular complexity index is 239. The summed E-state index contributed by atoms with van der Waals surface area (Å²) in [5.41, 5.74) is 7.00. The number of aromatic nitrogens is 1. The van der Waals surface area contributed by atoms with Crippen LogP contribution in [-0.2, 0) is 0 Å². The molecule has 0 saturated carbocycles. The molecule has 0 aliphatic carbocycles. The van der Waals surface area contributed by atoms with Crippen molar-refractivity contribution >= 4 is 33.2 Å². The molecule has 0 radical (unpaired) electrons. The van der Waals surface area contributed by atoms with E-state index in [9.17, 15) is 0 Å². The van der Waals surface area contributed by atoms with Gasteiger partial charge in [-0.3, -0.25) is 0 Å². The van der Waals surface area contributed by atoms with Crippen LogP contribution in [0.1, 0.15) is 5.69 Å². The molecule has 4 heteroatoms. The Morgan fingerprint density at radius 1 is 1.70 bits per heavy atom. The number of nitrogens with zero attached hydrogens (tertiary/aromatic N) is 1. The molecule has 0 amide bonds. The van der Waals surface area contributed by atoms with E-state index in [1.165, 1.54) is 0 Å². The molecular weight excluding hydrogens is 215 g/mol. The van der Waals surface area contributed by atoms with Crippen LogP contribution in [-0.4, -0.2) is 4.98 Å². The van der Waals surface area contributed by atoms with Gasteiger partial charge >= 0.3 is 0 Å². The number of nitrogens with two attached hydrogens (primary N) is 1. The van der Waals surface area contributed by atoms with Crippen molar-refractivity contribution in [1.82, 2.24) is 4.98 Å². The van der Waals surface area contributed by atoms with E-state index in [0.29, 0.717) is 15.3 Å². The molecular formula is C6H6BrClN2. The fraction of sp³-hybridized carbons (Fsp3) is 0.167. The van der Waals surface area contributed by atoms with Crippen molar-refractivity contribution in [2.45, 2.75) is 6.92 Å². The second kappa shape index (κ2) is 2.76. The van der Waals surface area contributed by atoms with Gasteiger partial charge in [-0.05, 0) is 28.9 Å². The van der Waals surface area contributed by atoms with Gasteiger partial charge in [-0.25, -0.2) is 4.98 Å². The summed E-state index contributed by atoms with van der Waals surface area (Å²) in [4.78, 5) is 3.97. The van der Waals surface area contributed by atoms with E-state index in [1.54, 1.807) is 6.07 Å². The summed E-state index contributed by atoms with van der Waals surface area (Å²) >= 11 is 8.88. The highest BCUT2D eigenvalue weighted by atomic mass is 79.9. The first-order chi connectivity index (χ1) is 4.61. The van der Waals surface area contributed by atoms with Gasteiger partial charge in [0.05, 0.1) is 10.2 Å². The number of hydrogen-bond donors (Lipinski definition) is 1. The van der Waals surface area contributed by atoms with Gasteiger partial charge in [0, 0.05) is 5.69 Å². The number of anilines is 1. The lowest BCUT2D eigenvalue weighted by molar-refractivity contribution is 1.19. The molecule has 0 aliphatic heterocycles. The second-order valence-electron chi connectivity index (χ2n) is 1.96. The van der Waals surface area contributed by atoms with Crippen molar-refractivity contribution in [1.29, 1.82) is 0 Å².